The molecule has 0 saturated carbocycles. The number of hydrogen-bond donors (Lipinski definition) is 0. The third-order valence-electron chi connectivity index (χ3n) is 3.63. The van der Waals surface area contributed by atoms with Crippen LogP contribution in [0.25, 0.3) is 0 Å². The molecule has 19 heavy (non-hydrogen) atoms. The molecule has 0 radical (unpaired) electrons. The largest absolute Gasteiger partial charge is 0.365 e. The molecule has 2 saturated heterocycles. The van der Waals surface area contributed by atoms with Gasteiger partial charge in [-0.25, -0.2) is 4.98 Å². The van der Waals surface area contributed by atoms with Gasteiger partial charge in [0.05, 0.1) is 19.3 Å². The average molecular weight is 262 g/mol. The van der Waals surface area contributed by atoms with Gasteiger partial charge in [0.25, 0.3) is 5.91 Å². The molecule has 3 heterocycles. The molecular formula is C13H18N4O2. The maximum absolute atomic E-state index is 12.3. The maximum atomic E-state index is 12.3. The van der Waals surface area contributed by atoms with Crippen molar-refractivity contribution in [2.45, 2.75) is 18.9 Å². The minimum Gasteiger partial charge on any atom is -0.365 e. The summed E-state index contributed by atoms with van der Waals surface area (Å²) in [5.74, 6) is 0.927. The van der Waals surface area contributed by atoms with Crippen molar-refractivity contribution >= 4 is 11.7 Å². The summed E-state index contributed by atoms with van der Waals surface area (Å²) < 4.78 is 5.62. The average Bonchev–Trinajstić information content (AvgIpc) is 3.02. The Morgan fingerprint density at radius 1 is 1.26 bits per heavy atom. The summed E-state index contributed by atoms with van der Waals surface area (Å²) in [5.41, 5.74) is 0. The lowest BCUT2D eigenvalue weighted by Crippen LogP contribution is -2.50. The Hall–Kier alpha value is -1.69. The first-order chi connectivity index (χ1) is 9.34. The van der Waals surface area contributed by atoms with E-state index in [9.17, 15) is 4.79 Å². The van der Waals surface area contributed by atoms with E-state index in [1.807, 2.05) is 4.90 Å². The van der Waals surface area contributed by atoms with Crippen LogP contribution in [0.4, 0.5) is 5.82 Å². The van der Waals surface area contributed by atoms with E-state index in [-0.39, 0.29) is 12.0 Å². The molecule has 2 aliphatic heterocycles. The normalized spacial score (nSPS) is 23.7. The fourth-order valence-electron chi connectivity index (χ4n) is 2.60. The lowest BCUT2D eigenvalue weighted by molar-refractivity contribution is -0.143. The van der Waals surface area contributed by atoms with Crippen LogP contribution in [0.2, 0.25) is 0 Å². The van der Waals surface area contributed by atoms with Crippen molar-refractivity contribution in [1.82, 2.24) is 14.9 Å². The van der Waals surface area contributed by atoms with Gasteiger partial charge in [-0.2, -0.15) is 0 Å². The number of hydrogen-bond acceptors (Lipinski definition) is 5. The van der Waals surface area contributed by atoms with Crippen LogP contribution in [-0.2, 0) is 9.53 Å². The van der Waals surface area contributed by atoms with E-state index < -0.39 is 0 Å². The number of morpholine rings is 1. The summed E-state index contributed by atoms with van der Waals surface area (Å²) in [6.07, 6.45) is 6.88. The quantitative estimate of drug-likeness (QED) is 0.767. The molecule has 6 nitrogen and oxygen atoms in total. The summed E-state index contributed by atoms with van der Waals surface area (Å²) in [4.78, 5) is 24.6. The van der Waals surface area contributed by atoms with Crippen LogP contribution < -0.4 is 4.90 Å². The molecule has 0 aromatic carbocycles. The number of nitrogens with zero attached hydrogens (tertiary/aromatic N) is 4. The first-order valence-electron chi connectivity index (χ1n) is 6.76. The molecule has 0 spiro atoms. The van der Waals surface area contributed by atoms with Crippen LogP contribution >= 0.6 is 0 Å². The highest BCUT2D eigenvalue weighted by Gasteiger charge is 2.31. The number of amides is 1. The standard InChI is InChI=1S/C13H18N4O2/c18-13(16-5-1-2-6-16)11-10-17(7-8-19-11)12-9-14-3-4-15-12/h3-4,9,11H,1-2,5-8,10H2. The summed E-state index contributed by atoms with van der Waals surface area (Å²) >= 11 is 0. The highest BCUT2D eigenvalue weighted by atomic mass is 16.5. The fraction of sp³-hybridized carbons (Fsp3) is 0.615. The van der Waals surface area contributed by atoms with E-state index in [0.717, 1.165) is 38.3 Å². The molecule has 1 amide bonds. The molecule has 1 aromatic heterocycles. The maximum Gasteiger partial charge on any atom is 0.253 e. The van der Waals surface area contributed by atoms with E-state index in [1.54, 1.807) is 18.6 Å². The van der Waals surface area contributed by atoms with Crippen LogP contribution in [0.5, 0.6) is 0 Å². The molecule has 2 aliphatic rings. The van der Waals surface area contributed by atoms with Gasteiger partial charge in [-0.1, -0.05) is 0 Å². The third kappa shape index (κ3) is 2.68. The third-order valence-corrected chi connectivity index (χ3v) is 3.63. The lowest BCUT2D eigenvalue weighted by atomic mass is 10.2. The Labute approximate surface area is 112 Å². The predicted octanol–water partition coefficient (Wildman–Crippen LogP) is 0.304. The molecule has 102 valence electrons. The van der Waals surface area contributed by atoms with Gasteiger partial charge in [-0.3, -0.25) is 9.78 Å². The van der Waals surface area contributed by atoms with Crippen LogP contribution in [0.15, 0.2) is 18.6 Å². The molecule has 0 aliphatic carbocycles. The zero-order chi connectivity index (χ0) is 13.1. The number of rotatable bonds is 2. The minimum atomic E-state index is -0.367. The molecule has 0 N–H and O–H groups in total. The number of likely N-dealkylation sites (tertiary alicyclic amines) is 1. The van der Waals surface area contributed by atoms with E-state index in [2.05, 4.69) is 14.9 Å². The Balaban J connectivity index is 1.66. The predicted molar refractivity (Wildman–Crippen MR) is 69.8 cm³/mol. The van der Waals surface area contributed by atoms with Crippen molar-refractivity contribution in [3.8, 4) is 0 Å². The molecule has 1 atom stereocenters. The summed E-state index contributed by atoms with van der Waals surface area (Å²) in [7, 11) is 0. The van der Waals surface area contributed by atoms with Gasteiger partial charge in [-0.05, 0) is 12.8 Å². The molecule has 6 heteroatoms. The number of aromatic nitrogens is 2. The van der Waals surface area contributed by atoms with Crippen molar-refractivity contribution < 1.29 is 9.53 Å². The van der Waals surface area contributed by atoms with Crippen molar-refractivity contribution in [3.63, 3.8) is 0 Å². The molecule has 1 unspecified atom stereocenters. The van der Waals surface area contributed by atoms with E-state index in [1.165, 1.54) is 0 Å². The second-order valence-corrected chi connectivity index (χ2v) is 4.90. The number of ether oxygens (including phenoxy) is 1. The topological polar surface area (TPSA) is 58.6 Å². The van der Waals surface area contributed by atoms with Crippen LogP contribution in [0.3, 0.4) is 0 Å². The van der Waals surface area contributed by atoms with Crippen LogP contribution in [0, 0.1) is 0 Å². The molecular weight excluding hydrogens is 244 g/mol. The van der Waals surface area contributed by atoms with Crippen molar-refractivity contribution in [2.24, 2.45) is 0 Å². The summed E-state index contributed by atoms with van der Waals surface area (Å²) in [6.45, 7) is 3.60. The molecule has 2 fully saturated rings. The Morgan fingerprint density at radius 2 is 2.11 bits per heavy atom. The summed E-state index contributed by atoms with van der Waals surface area (Å²) in [5, 5.41) is 0. The smallest absolute Gasteiger partial charge is 0.253 e. The Morgan fingerprint density at radius 3 is 2.84 bits per heavy atom. The minimum absolute atomic E-state index is 0.117. The van der Waals surface area contributed by atoms with E-state index in [4.69, 9.17) is 4.74 Å². The van der Waals surface area contributed by atoms with Gasteiger partial charge in [0.1, 0.15) is 5.82 Å². The van der Waals surface area contributed by atoms with Crippen LogP contribution in [0.1, 0.15) is 12.8 Å². The lowest BCUT2D eigenvalue weighted by Gasteiger charge is -2.34. The van der Waals surface area contributed by atoms with Gasteiger partial charge >= 0.3 is 0 Å². The van der Waals surface area contributed by atoms with Gasteiger partial charge in [-0.15, -0.1) is 0 Å². The molecule has 3 rings (SSSR count). The number of carbonyl (C=O) groups excluding carboxylic acids is 1. The summed E-state index contributed by atoms with van der Waals surface area (Å²) in [6, 6.07) is 0. The van der Waals surface area contributed by atoms with Crippen LogP contribution in [-0.4, -0.2) is 59.7 Å². The van der Waals surface area contributed by atoms with E-state index >= 15 is 0 Å². The van der Waals surface area contributed by atoms with Gasteiger partial charge < -0.3 is 14.5 Å². The monoisotopic (exact) mass is 262 g/mol. The second-order valence-electron chi connectivity index (χ2n) is 4.90. The molecule has 0 bridgehead atoms. The fourth-order valence-corrected chi connectivity index (χ4v) is 2.60. The first-order valence-corrected chi connectivity index (χ1v) is 6.76. The number of anilines is 1. The van der Waals surface area contributed by atoms with Crippen molar-refractivity contribution in [2.75, 3.05) is 37.7 Å². The highest BCUT2D eigenvalue weighted by Crippen LogP contribution is 2.17. The highest BCUT2D eigenvalue weighted by molar-refractivity contribution is 5.82. The SMILES string of the molecule is O=C(C1CN(c2cnccn2)CCO1)N1CCCC1. The zero-order valence-electron chi connectivity index (χ0n) is 10.9. The van der Waals surface area contributed by atoms with Crippen molar-refractivity contribution in [3.05, 3.63) is 18.6 Å². The number of carbonyl (C=O) groups is 1. The Kier molecular flexibility index (Phi) is 3.59. The van der Waals surface area contributed by atoms with Gasteiger partial charge in [0.15, 0.2) is 6.10 Å². The van der Waals surface area contributed by atoms with Crippen molar-refractivity contribution in [1.29, 1.82) is 0 Å². The molecule has 1 aromatic rings. The van der Waals surface area contributed by atoms with Gasteiger partial charge in [0, 0.05) is 32.0 Å². The van der Waals surface area contributed by atoms with E-state index in [0.29, 0.717) is 13.2 Å². The second kappa shape index (κ2) is 5.52. The zero-order valence-corrected chi connectivity index (χ0v) is 10.9. The Bertz CT molecular complexity index is 434. The first kappa shape index (κ1) is 12.3. The van der Waals surface area contributed by atoms with Gasteiger partial charge in [0.2, 0.25) is 0 Å².